The van der Waals surface area contributed by atoms with Crippen molar-refractivity contribution >= 4 is 5.69 Å². The van der Waals surface area contributed by atoms with Gasteiger partial charge in [0.25, 0.3) is 0 Å². The van der Waals surface area contributed by atoms with E-state index in [1.807, 2.05) is 24.3 Å². The van der Waals surface area contributed by atoms with E-state index in [4.69, 9.17) is 14.2 Å². The lowest BCUT2D eigenvalue weighted by Crippen LogP contribution is -2.38. The summed E-state index contributed by atoms with van der Waals surface area (Å²) in [5.41, 5.74) is 2.54. The molecule has 1 fully saturated rings. The molecule has 5 heteroatoms. The molecule has 2 heterocycles. The monoisotopic (exact) mass is 340 g/mol. The Kier molecular flexibility index (Phi) is 5.04. The molecule has 25 heavy (non-hydrogen) atoms. The molecule has 2 aromatic carbocycles. The number of morpholine rings is 1. The van der Waals surface area contributed by atoms with Crippen molar-refractivity contribution in [3.8, 4) is 11.5 Å². The van der Waals surface area contributed by atoms with Gasteiger partial charge in [0.15, 0.2) is 11.5 Å². The largest absolute Gasteiger partial charge is 0.486 e. The molecule has 0 bridgehead atoms. The zero-order chi connectivity index (χ0) is 16.9. The molecular formula is C20H24N2O3. The van der Waals surface area contributed by atoms with Gasteiger partial charge in [0, 0.05) is 31.9 Å². The quantitative estimate of drug-likeness (QED) is 0.906. The molecule has 0 radical (unpaired) electrons. The van der Waals surface area contributed by atoms with E-state index in [0.29, 0.717) is 6.61 Å². The van der Waals surface area contributed by atoms with Gasteiger partial charge in [-0.2, -0.15) is 0 Å². The van der Waals surface area contributed by atoms with E-state index < -0.39 is 0 Å². The molecule has 5 nitrogen and oxygen atoms in total. The summed E-state index contributed by atoms with van der Waals surface area (Å²) in [5.74, 6) is 1.66. The first-order chi connectivity index (χ1) is 12.4. The summed E-state index contributed by atoms with van der Waals surface area (Å²) in [6, 6.07) is 16.6. The molecule has 2 aliphatic rings. The number of ether oxygens (including phenoxy) is 3. The van der Waals surface area contributed by atoms with E-state index in [2.05, 4.69) is 34.5 Å². The van der Waals surface area contributed by atoms with E-state index in [-0.39, 0.29) is 6.10 Å². The van der Waals surface area contributed by atoms with Crippen molar-refractivity contribution in [3.63, 3.8) is 0 Å². The number of nitrogens with one attached hydrogen (secondary N) is 1. The zero-order valence-electron chi connectivity index (χ0n) is 14.3. The molecule has 1 N–H and O–H groups in total. The van der Waals surface area contributed by atoms with Crippen molar-refractivity contribution in [2.75, 3.05) is 44.4 Å². The molecular weight excluding hydrogens is 316 g/mol. The summed E-state index contributed by atoms with van der Waals surface area (Å²) >= 11 is 0. The van der Waals surface area contributed by atoms with Gasteiger partial charge in [-0.25, -0.2) is 0 Å². The number of hydrogen-bond acceptors (Lipinski definition) is 5. The van der Waals surface area contributed by atoms with E-state index in [9.17, 15) is 0 Å². The molecule has 1 unspecified atom stereocenters. The van der Waals surface area contributed by atoms with Crippen molar-refractivity contribution in [3.05, 3.63) is 54.1 Å². The average molecular weight is 340 g/mol. The molecule has 4 rings (SSSR count). The van der Waals surface area contributed by atoms with Gasteiger partial charge in [0.2, 0.25) is 0 Å². The highest BCUT2D eigenvalue weighted by Gasteiger charge is 2.20. The Morgan fingerprint density at radius 2 is 1.72 bits per heavy atom. The SMILES string of the molecule is c1ccc2c(c1)OCC(CNCc1ccc(N3CCOCC3)cc1)O2. The molecule has 132 valence electrons. The highest BCUT2D eigenvalue weighted by atomic mass is 16.6. The first kappa shape index (κ1) is 16.2. The summed E-state index contributed by atoms with van der Waals surface area (Å²) in [4.78, 5) is 2.37. The summed E-state index contributed by atoms with van der Waals surface area (Å²) < 4.78 is 17.1. The van der Waals surface area contributed by atoms with Crippen LogP contribution in [0, 0.1) is 0 Å². The van der Waals surface area contributed by atoms with E-state index in [1.165, 1.54) is 11.3 Å². The molecule has 2 aliphatic heterocycles. The fourth-order valence-electron chi connectivity index (χ4n) is 3.19. The van der Waals surface area contributed by atoms with Crippen LogP contribution in [0.2, 0.25) is 0 Å². The van der Waals surface area contributed by atoms with E-state index in [1.54, 1.807) is 0 Å². The second kappa shape index (κ2) is 7.76. The second-order valence-electron chi connectivity index (χ2n) is 6.39. The molecule has 0 saturated carbocycles. The molecule has 0 spiro atoms. The number of anilines is 1. The van der Waals surface area contributed by atoms with Crippen molar-refractivity contribution < 1.29 is 14.2 Å². The predicted molar refractivity (Wildman–Crippen MR) is 97.5 cm³/mol. The predicted octanol–water partition coefficient (Wildman–Crippen LogP) is 2.45. The van der Waals surface area contributed by atoms with Gasteiger partial charge in [-0.05, 0) is 29.8 Å². The number of hydrogen-bond donors (Lipinski definition) is 1. The third kappa shape index (κ3) is 4.06. The van der Waals surface area contributed by atoms with Gasteiger partial charge in [-0.15, -0.1) is 0 Å². The Bertz CT molecular complexity index is 684. The Morgan fingerprint density at radius 3 is 2.52 bits per heavy atom. The van der Waals surface area contributed by atoms with Crippen LogP contribution in [-0.4, -0.2) is 45.6 Å². The number of fused-ring (bicyclic) bond motifs is 1. The lowest BCUT2D eigenvalue weighted by atomic mass is 10.2. The van der Waals surface area contributed by atoms with Gasteiger partial charge in [-0.1, -0.05) is 24.3 Å². The topological polar surface area (TPSA) is 43.0 Å². The highest BCUT2D eigenvalue weighted by Crippen LogP contribution is 2.30. The minimum absolute atomic E-state index is 0.0440. The standard InChI is InChI=1S/C20H24N2O3/c1-2-4-20-19(3-1)24-15-18(25-20)14-21-13-16-5-7-17(8-6-16)22-9-11-23-12-10-22/h1-8,18,21H,9-15H2. The summed E-state index contributed by atoms with van der Waals surface area (Å²) in [7, 11) is 0. The lowest BCUT2D eigenvalue weighted by molar-refractivity contribution is 0.0902. The van der Waals surface area contributed by atoms with Gasteiger partial charge < -0.3 is 24.4 Å². The van der Waals surface area contributed by atoms with Crippen LogP contribution in [0.5, 0.6) is 11.5 Å². The minimum atomic E-state index is 0.0440. The van der Waals surface area contributed by atoms with Crippen LogP contribution in [0.4, 0.5) is 5.69 Å². The van der Waals surface area contributed by atoms with Gasteiger partial charge in [0.1, 0.15) is 12.7 Å². The highest BCUT2D eigenvalue weighted by molar-refractivity contribution is 5.48. The number of rotatable bonds is 5. The zero-order valence-corrected chi connectivity index (χ0v) is 14.3. The van der Waals surface area contributed by atoms with Crippen molar-refractivity contribution in [2.45, 2.75) is 12.6 Å². The van der Waals surface area contributed by atoms with Gasteiger partial charge in [0.05, 0.1) is 13.2 Å². The Morgan fingerprint density at radius 1 is 0.960 bits per heavy atom. The molecule has 0 aliphatic carbocycles. The van der Waals surface area contributed by atoms with Crippen LogP contribution in [0.15, 0.2) is 48.5 Å². The Labute approximate surface area is 148 Å². The first-order valence-electron chi connectivity index (χ1n) is 8.89. The van der Waals surface area contributed by atoms with Crippen LogP contribution in [0.25, 0.3) is 0 Å². The fraction of sp³-hybridized carbons (Fsp3) is 0.400. The van der Waals surface area contributed by atoms with Crippen LogP contribution < -0.4 is 19.7 Å². The maximum absolute atomic E-state index is 5.96. The number of benzene rings is 2. The van der Waals surface area contributed by atoms with Crippen LogP contribution in [0.1, 0.15) is 5.56 Å². The third-order valence-corrected chi connectivity index (χ3v) is 4.58. The first-order valence-corrected chi connectivity index (χ1v) is 8.89. The number of para-hydroxylation sites is 2. The fourth-order valence-corrected chi connectivity index (χ4v) is 3.19. The van der Waals surface area contributed by atoms with Gasteiger partial charge in [-0.3, -0.25) is 0 Å². The van der Waals surface area contributed by atoms with Crippen molar-refractivity contribution in [1.82, 2.24) is 5.32 Å². The van der Waals surface area contributed by atoms with Crippen LogP contribution in [0.3, 0.4) is 0 Å². The normalized spacial score (nSPS) is 19.7. The third-order valence-electron chi connectivity index (χ3n) is 4.58. The molecule has 1 saturated heterocycles. The summed E-state index contributed by atoms with van der Waals surface area (Å²) in [6.45, 7) is 5.74. The van der Waals surface area contributed by atoms with Gasteiger partial charge >= 0.3 is 0 Å². The maximum atomic E-state index is 5.96. The smallest absolute Gasteiger partial charge is 0.161 e. The summed E-state index contributed by atoms with van der Waals surface area (Å²) in [5, 5.41) is 3.46. The Balaban J connectivity index is 1.25. The van der Waals surface area contributed by atoms with Crippen molar-refractivity contribution in [2.24, 2.45) is 0 Å². The maximum Gasteiger partial charge on any atom is 0.161 e. The molecule has 0 aromatic heterocycles. The molecule has 1 atom stereocenters. The van der Waals surface area contributed by atoms with E-state index >= 15 is 0 Å². The summed E-state index contributed by atoms with van der Waals surface area (Å²) in [6.07, 6.45) is 0.0440. The van der Waals surface area contributed by atoms with Crippen LogP contribution in [-0.2, 0) is 11.3 Å². The molecule has 0 amide bonds. The second-order valence-corrected chi connectivity index (χ2v) is 6.39. The van der Waals surface area contributed by atoms with E-state index in [0.717, 1.165) is 50.9 Å². The lowest BCUT2D eigenvalue weighted by Gasteiger charge is -2.29. The minimum Gasteiger partial charge on any atom is -0.486 e. The molecule has 2 aromatic rings. The van der Waals surface area contributed by atoms with Crippen LogP contribution >= 0.6 is 0 Å². The van der Waals surface area contributed by atoms with Crippen molar-refractivity contribution in [1.29, 1.82) is 0 Å². The average Bonchev–Trinajstić information content (AvgIpc) is 2.69. The number of nitrogens with zero attached hydrogens (tertiary/aromatic N) is 1. The Hall–Kier alpha value is -2.24.